The van der Waals surface area contributed by atoms with Gasteiger partial charge in [0.25, 0.3) is 0 Å². The van der Waals surface area contributed by atoms with Gasteiger partial charge >= 0.3 is 0 Å². The molecule has 0 aromatic carbocycles. The van der Waals surface area contributed by atoms with E-state index in [2.05, 4.69) is 30.8 Å². The van der Waals surface area contributed by atoms with Crippen molar-refractivity contribution in [3.63, 3.8) is 0 Å². The molecule has 3 rings (SSSR count). The molecule has 2 bridgehead atoms. The van der Waals surface area contributed by atoms with Gasteiger partial charge in [0.2, 0.25) is 0 Å². The van der Waals surface area contributed by atoms with Crippen molar-refractivity contribution < 1.29 is 0 Å². The molecule has 2 aliphatic rings. The first-order valence-electron chi connectivity index (χ1n) is 5.18. The molecular formula is C10H11BrClN3. The van der Waals surface area contributed by atoms with E-state index in [0.29, 0.717) is 11.2 Å². The van der Waals surface area contributed by atoms with Gasteiger partial charge in [-0.2, -0.15) is 0 Å². The van der Waals surface area contributed by atoms with Crippen LogP contribution in [0.4, 0.5) is 5.82 Å². The number of rotatable bonds is 1. The number of piperidine rings is 1. The Balaban J connectivity index is 1.96. The zero-order valence-electron chi connectivity index (χ0n) is 8.16. The van der Waals surface area contributed by atoms with Gasteiger partial charge in [0.1, 0.15) is 17.3 Å². The van der Waals surface area contributed by atoms with Gasteiger partial charge in [0.05, 0.1) is 4.47 Å². The van der Waals surface area contributed by atoms with E-state index in [1.807, 2.05) is 0 Å². The lowest BCUT2D eigenvalue weighted by Gasteiger charge is -2.28. The van der Waals surface area contributed by atoms with Crippen molar-refractivity contribution in [3.05, 3.63) is 16.0 Å². The molecule has 15 heavy (non-hydrogen) atoms. The van der Waals surface area contributed by atoms with E-state index in [0.717, 1.165) is 22.8 Å². The highest BCUT2D eigenvalue weighted by atomic mass is 79.9. The highest BCUT2D eigenvalue weighted by molar-refractivity contribution is 9.10. The summed E-state index contributed by atoms with van der Waals surface area (Å²) in [6.07, 6.45) is 5.51. The van der Waals surface area contributed by atoms with E-state index in [4.69, 9.17) is 11.6 Å². The Labute approximate surface area is 102 Å². The van der Waals surface area contributed by atoms with Crippen molar-refractivity contribution in [2.45, 2.75) is 25.3 Å². The molecule has 1 saturated heterocycles. The number of anilines is 1. The van der Waals surface area contributed by atoms with Crippen molar-refractivity contribution in [2.75, 3.05) is 11.4 Å². The highest BCUT2D eigenvalue weighted by Gasteiger charge is 2.39. The summed E-state index contributed by atoms with van der Waals surface area (Å²) in [6.45, 7) is 1.12. The van der Waals surface area contributed by atoms with Gasteiger partial charge in [0, 0.05) is 12.6 Å². The third-order valence-corrected chi connectivity index (χ3v) is 4.65. The number of halogens is 2. The highest BCUT2D eigenvalue weighted by Crippen LogP contribution is 2.42. The standard InChI is InChI=1S/C10H11BrClN3/c11-8-9(12)13-5-14-10(8)15-4-6-1-2-7(15)3-6/h5-7H,1-4H2. The minimum Gasteiger partial charge on any atom is -0.352 e. The monoisotopic (exact) mass is 287 g/mol. The van der Waals surface area contributed by atoms with Gasteiger partial charge in [-0.15, -0.1) is 0 Å². The Morgan fingerprint density at radius 3 is 2.93 bits per heavy atom. The van der Waals surface area contributed by atoms with Crippen LogP contribution in [-0.2, 0) is 0 Å². The predicted octanol–water partition coefficient (Wildman–Crippen LogP) is 2.88. The average Bonchev–Trinajstić information content (AvgIpc) is 2.83. The van der Waals surface area contributed by atoms with Gasteiger partial charge < -0.3 is 4.90 Å². The van der Waals surface area contributed by atoms with Gasteiger partial charge in [0.15, 0.2) is 0 Å². The van der Waals surface area contributed by atoms with Crippen molar-refractivity contribution in [3.8, 4) is 0 Å². The number of fused-ring (bicyclic) bond motifs is 2. The fourth-order valence-corrected chi connectivity index (χ4v) is 3.28. The van der Waals surface area contributed by atoms with Gasteiger partial charge in [-0.3, -0.25) is 0 Å². The number of aromatic nitrogens is 2. The molecule has 0 amide bonds. The summed E-state index contributed by atoms with van der Waals surface area (Å²) in [5, 5.41) is 0.503. The van der Waals surface area contributed by atoms with Crippen LogP contribution in [0.3, 0.4) is 0 Å². The van der Waals surface area contributed by atoms with Crippen LogP contribution in [0.25, 0.3) is 0 Å². The van der Waals surface area contributed by atoms with Crippen LogP contribution in [0.2, 0.25) is 5.15 Å². The van der Waals surface area contributed by atoms with Crippen LogP contribution >= 0.6 is 27.5 Å². The second-order valence-electron chi connectivity index (χ2n) is 4.29. The summed E-state index contributed by atoms with van der Waals surface area (Å²) < 4.78 is 0.833. The molecular weight excluding hydrogens is 277 g/mol. The predicted molar refractivity (Wildman–Crippen MR) is 63.2 cm³/mol. The first kappa shape index (κ1) is 9.85. The maximum Gasteiger partial charge on any atom is 0.148 e. The largest absolute Gasteiger partial charge is 0.352 e. The van der Waals surface area contributed by atoms with E-state index in [-0.39, 0.29) is 0 Å². The lowest BCUT2D eigenvalue weighted by Crippen LogP contribution is -2.32. The number of hydrogen-bond donors (Lipinski definition) is 0. The molecule has 3 nitrogen and oxygen atoms in total. The summed E-state index contributed by atoms with van der Waals surface area (Å²) in [5.74, 6) is 1.82. The van der Waals surface area contributed by atoms with Crippen LogP contribution < -0.4 is 4.90 Å². The molecule has 1 aliphatic carbocycles. The quantitative estimate of drug-likeness (QED) is 0.744. The third-order valence-electron chi connectivity index (χ3n) is 3.41. The lowest BCUT2D eigenvalue weighted by molar-refractivity contribution is 0.549. The lowest BCUT2D eigenvalue weighted by atomic mass is 10.1. The molecule has 80 valence electrons. The van der Waals surface area contributed by atoms with E-state index in [1.54, 1.807) is 0 Å². The molecule has 1 aromatic rings. The summed E-state index contributed by atoms with van der Waals surface area (Å²) in [4.78, 5) is 10.6. The van der Waals surface area contributed by atoms with E-state index < -0.39 is 0 Å². The third kappa shape index (κ3) is 1.54. The maximum atomic E-state index is 5.97. The number of hydrogen-bond acceptors (Lipinski definition) is 3. The van der Waals surface area contributed by atoms with Gasteiger partial charge in [-0.25, -0.2) is 9.97 Å². The van der Waals surface area contributed by atoms with Crippen LogP contribution in [0, 0.1) is 5.92 Å². The molecule has 2 heterocycles. The first-order chi connectivity index (χ1) is 7.25. The summed E-state index contributed by atoms with van der Waals surface area (Å²) >= 11 is 9.43. The summed E-state index contributed by atoms with van der Waals surface area (Å²) in [7, 11) is 0. The zero-order chi connectivity index (χ0) is 10.4. The van der Waals surface area contributed by atoms with E-state index >= 15 is 0 Å². The SMILES string of the molecule is Clc1ncnc(N2CC3CCC2C3)c1Br. The molecule has 1 aromatic heterocycles. The Morgan fingerprint density at radius 2 is 2.27 bits per heavy atom. The fourth-order valence-electron chi connectivity index (χ4n) is 2.72. The fraction of sp³-hybridized carbons (Fsp3) is 0.600. The first-order valence-corrected chi connectivity index (χ1v) is 6.35. The van der Waals surface area contributed by atoms with Crippen LogP contribution in [0.15, 0.2) is 10.8 Å². The van der Waals surface area contributed by atoms with Crippen LogP contribution in [0.5, 0.6) is 0 Å². The summed E-state index contributed by atoms with van der Waals surface area (Å²) in [6, 6.07) is 0.664. The maximum absolute atomic E-state index is 5.97. The molecule has 2 fully saturated rings. The van der Waals surface area contributed by atoms with Crippen molar-refractivity contribution >= 4 is 33.3 Å². The Hall–Kier alpha value is -0.350. The average molecular weight is 289 g/mol. The molecule has 5 heteroatoms. The van der Waals surface area contributed by atoms with Crippen molar-refractivity contribution in [1.29, 1.82) is 0 Å². The molecule has 1 aliphatic heterocycles. The normalized spacial score (nSPS) is 28.8. The molecule has 2 atom stereocenters. The molecule has 0 N–H and O–H groups in total. The van der Waals surface area contributed by atoms with Gasteiger partial charge in [-0.1, -0.05) is 11.6 Å². The molecule has 0 spiro atoms. The molecule has 0 radical (unpaired) electrons. The second kappa shape index (κ2) is 3.59. The van der Waals surface area contributed by atoms with Crippen molar-refractivity contribution in [1.82, 2.24) is 9.97 Å². The van der Waals surface area contributed by atoms with Gasteiger partial charge in [-0.05, 0) is 41.1 Å². The second-order valence-corrected chi connectivity index (χ2v) is 5.44. The van der Waals surface area contributed by atoms with Crippen molar-refractivity contribution in [2.24, 2.45) is 5.92 Å². The zero-order valence-corrected chi connectivity index (χ0v) is 10.5. The minimum absolute atomic E-state index is 0.503. The molecule has 2 unspecified atom stereocenters. The number of nitrogens with zero attached hydrogens (tertiary/aromatic N) is 3. The topological polar surface area (TPSA) is 29.0 Å². The minimum atomic E-state index is 0.503. The van der Waals surface area contributed by atoms with E-state index in [1.165, 1.54) is 25.6 Å². The smallest absolute Gasteiger partial charge is 0.148 e. The molecule has 1 saturated carbocycles. The Bertz CT molecular complexity index is 398. The Kier molecular flexibility index (Phi) is 2.36. The van der Waals surface area contributed by atoms with E-state index in [9.17, 15) is 0 Å². The Morgan fingerprint density at radius 1 is 1.40 bits per heavy atom. The van der Waals surface area contributed by atoms with Crippen LogP contribution in [-0.4, -0.2) is 22.6 Å². The summed E-state index contributed by atoms with van der Waals surface area (Å²) in [5.41, 5.74) is 0. The van der Waals surface area contributed by atoms with Crippen LogP contribution in [0.1, 0.15) is 19.3 Å².